The van der Waals surface area contributed by atoms with Crippen molar-refractivity contribution in [2.75, 3.05) is 24.6 Å². The van der Waals surface area contributed by atoms with E-state index in [0.29, 0.717) is 19.5 Å². The third-order valence-corrected chi connectivity index (χ3v) is 2.50. The van der Waals surface area contributed by atoms with E-state index in [9.17, 15) is 5.11 Å². The molecule has 5 nitrogen and oxygen atoms in total. The third-order valence-electron chi connectivity index (χ3n) is 2.50. The van der Waals surface area contributed by atoms with E-state index in [4.69, 9.17) is 5.11 Å². The van der Waals surface area contributed by atoms with Crippen molar-refractivity contribution in [1.29, 1.82) is 0 Å². The highest BCUT2D eigenvalue weighted by Crippen LogP contribution is 2.24. The Balaban J connectivity index is 2.10. The van der Waals surface area contributed by atoms with Gasteiger partial charge >= 0.3 is 0 Å². The average Bonchev–Trinajstić information content (AvgIpc) is 2.63. The molecule has 0 amide bonds. The second-order valence-corrected chi connectivity index (χ2v) is 3.62. The molecule has 2 rings (SSSR count). The van der Waals surface area contributed by atoms with Gasteiger partial charge < -0.3 is 15.1 Å². The molecule has 1 fully saturated rings. The first-order valence-electron chi connectivity index (χ1n) is 4.58. The molecular weight excluding hydrogens is 182 g/mol. The molecule has 0 aliphatic carbocycles. The highest BCUT2D eigenvalue weighted by molar-refractivity contribution is 5.37. The second kappa shape index (κ2) is 3.51. The normalized spacial score (nSPS) is 26.9. The molecule has 2 N–H and O–H groups in total. The minimum atomic E-state index is -0.975. The van der Waals surface area contributed by atoms with Crippen molar-refractivity contribution in [3.05, 3.63) is 18.6 Å². The van der Waals surface area contributed by atoms with Crippen LogP contribution in [0.2, 0.25) is 0 Å². The Bertz CT molecular complexity index is 306. The number of hydrogen-bond acceptors (Lipinski definition) is 5. The van der Waals surface area contributed by atoms with Crippen LogP contribution < -0.4 is 4.90 Å². The molecule has 2 heterocycles. The highest BCUT2D eigenvalue weighted by atomic mass is 16.3. The SMILES string of the molecule is OCC1(O)CCN(c2cnccn2)C1. The Kier molecular flexibility index (Phi) is 2.35. The van der Waals surface area contributed by atoms with Gasteiger partial charge in [0.05, 0.1) is 19.3 Å². The highest BCUT2D eigenvalue weighted by Gasteiger charge is 2.35. The summed E-state index contributed by atoms with van der Waals surface area (Å²) in [5.74, 6) is 0.747. The van der Waals surface area contributed by atoms with Crippen LogP contribution in [0.25, 0.3) is 0 Å². The Labute approximate surface area is 82.0 Å². The van der Waals surface area contributed by atoms with E-state index in [0.717, 1.165) is 5.82 Å². The van der Waals surface area contributed by atoms with Gasteiger partial charge in [-0.15, -0.1) is 0 Å². The van der Waals surface area contributed by atoms with E-state index in [-0.39, 0.29) is 6.61 Å². The zero-order valence-corrected chi connectivity index (χ0v) is 7.80. The van der Waals surface area contributed by atoms with Crippen LogP contribution in [0.15, 0.2) is 18.6 Å². The number of nitrogens with zero attached hydrogens (tertiary/aromatic N) is 3. The maximum absolute atomic E-state index is 9.79. The largest absolute Gasteiger partial charge is 0.393 e. The Hall–Kier alpha value is -1.20. The Morgan fingerprint density at radius 3 is 2.93 bits per heavy atom. The summed E-state index contributed by atoms with van der Waals surface area (Å²) in [6.45, 7) is 0.918. The molecule has 1 aliphatic rings. The molecule has 0 aromatic carbocycles. The van der Waals surface area contributed by atoms with Crippen molar-refractivity contribution in [2.24, 2.45) is 0 Å². The molecule has 0 spiro atoms. The van der Waals surface area contributed by atoms with Crippen molar-refractivity contribution < 1.29 is 10.2 Å². The number of aromatic nitrogens is 2. The van der Waals surface area contributed by atoms with Gasteiger partial charge in [-0.3, -0.25) is 4.98 Å². The van der Waals surface area contributed by atoms with E-state index in [1.807, 2.05) is 4.90 Å². The zero-order valence-electron chi connectivity index (χ0n) is 7.80. The lowest BCUT2D eigenvalue weighted by Gasteiger charge is -2.20. The predicted octanol–water partition coefficient (Wildman–Crippen LogP) is -0.590. The number of aliphatic hydroxyl groups is 2. The number of β-amino-alcohol motifs (C(OH)–C–C–N with tert-alkyl or cyclic N) is 1. The molecule has 1 aromatic rings. The van der Waals surface area contributed by atoms with Crippen molar-refractivity contribution >= 4 is 5.82 Å². The average molecular weight is 195 g/mol. The van der Waals surface area contributed by atoms with Crippen molar-refractivity contribution in [3.8, 4) is 0 Å². The van der Waals surface area contributed by atoms with Crippen LogP contribution in [0.4, 0.5) is 5.82 Å². The van der Waals surface area contributed by atoms with Crippen LogP contribution >= 0.6 is 0 Å². The summed E-state index contributed by atoms with van der Waals surface area (Å²) >= 11 is 0. The molecule has 1 aromatic heterocycles. The molecule has 1 unspecified atom stereocenters. The second-order valence-electron chi connectivity index (χ2n) is 3.62. The molecule has 0 bridgehead atoms. The molecule has 14 heavy (non-hydrogen) atoms. The van der Waals surface area contributed by atoms with E-state index in [2.05, 4.69) is 9.97 Å². The topological polar surface area (TPSA) is 69.5 Å². The molecule has 76 valence electrons. The van der Waals surface area contributed by atoms with Gasteiger partial charge in [0.2, 0.25) is 0 Å². The minimum Gasteiger partial charge on any atom is -0.393 e. The summed E-state index contributed by atoms with van der Waals surface area (Å²) in [6, 6.07) is 0. The first-order chi connectivity index (χ1) is 6.73. The standard InChI is InChI=1S/C9H13N3O2/c13-7-9(14)1-4-12(6-9)8-5-10-2-3-11-8/h2-3,5,13-14H,1,4,6-7H2. The molecule has 1 atom stereocenters. The lowest BCUT2D eigenvalue weighted by molar-refractivity contribution is 0.00473. The number of anilines is 1. The van der Waals surface area contributed by atoms with E-state index >= 15 is 0 Å². The van der Waals surface area contributed by atoms with Gasteiger partial charge in [-0.25, -0.2) is 4.98 Å². The molecule has 0 radical (unpaired) electrons. The van der Waals surface area contributed by atoms with Gasteiger partial charge in [-0.1, -0.05) is 0 Å². The van der Waals surface area contributed by atoms with E-state index < -0.39 is 5.60 Å². The Morgan fingerprint density at radius 2 is 2.36 bits per heavy atom. The lowest BCUT2D eigenvalue weighted by atomic mass is 10.1. The first-order valence-corrected chi connectivity index (χ1v) is 4.58. The summed E-state index contributed by atoms with van der Waals surface area (Å²) in [5.41, 5.74) is -0.975. The maximum Gasteiger partial charge on any atom is 0.147 e. The van der Waals surface area contributed by atoms with Crippen LogP contribution in [0.1, 0.15) is 6.42 Å². The van der Waals surface area contributed by atoms with Gasteiger partial charge in [0.1, 0.15) is 11.4 Å². The minimum absolute atomic E-state index is 0.205. The summed E-state index contributed by atoms with van der Waals surface area (Å²) in [6.07, 6.45) is 5.45. The molecular formula is C9H13N3O2. The van der Waals surface area contributed by atoms with Gasteiger partial charge in [-0.05, 0) is 6.42 Å². The fourth-order valence-corrected chi connectivity index (χ4v) is 1.64. The van der Waals surface area contributed by atoms with Crippen LogP contribution in [0.5, 0.6) is 0 Å². The van der Waals surface area contributed by atoms with E-state index in [1.165, 1.54) is 0 Å². The van der Waals surface area contributed by atoms with Gasteiger partial charge in [0.25, 0.3) is 0 Å². The lowest BCUT2D eigenvalue weighted by Crippen LogP contribution is -2.36. The van der Waals surface area contributed by atoms with Crippen molar-refractivity contribution in [1.82, 2.24) is 9.97 Å². The fraction of sp³-hybridized carbons (Fsp3) is 0.556. The summed E-state index contributed by atoms with van der Waals surface area (Å²) < 4.78 is 0. The molecule has 1 saturated heterocycles. The van der Waals surface area contributed by atoms with Crippen LogP contribution in [0, 0.1) is 0 Å². The molecule has 0 saturated carbocycles. The van der Waals surface area contributed by atoms with Crippen molar-refractivity contribution in [2.45, 2.75) is 12.0 Å². The summed E-state index contributed by atoms with van der Waals surface area (Å²) in [4.78, 5) is 10.0. The first kappa shape index (κ1) is 9.36. The number of rotatable bonds is 2. The predicted molar refractivity (Wildman–Crippen MR) is 50.9 cm³/mol. The number of aliphatic hydroxyl groups excluding tert-OH is 1. The quantitative estimate of drug-likeness (QED) is 0.660. The van der Waals surface area contributed by atoms with Crippen LogP contribution in [0.3, 0.4) is 0 Å². The van der Waals surface area contributed by atoms with Gasteiger partial charge in [0.15, 0.2) is 0 Å². The molecule has 5 heteroatoms. The smallest absolute Gasteiger partial charge is 0.147 e. The van der Waals surface area contributed by atoms with Crippen LogP contribution in [-0.4, -0.2) is 45.5 Å². The fourth-order valence-electron chi connectivity index (χ4n) is 1.64. The summed E-state index contributed by atoms with van der Waals surface area (Å²) in [5, 5.41) is 18.8. The Morgan fingerprint density at radius 1 is 1.50 bits per heavy atom. The maximum atomic E-state index is 9.79. The van der Waals surface area contributed by atoms with E-state index in [1.54, 1.807) is 18.6 Å². The van der Waals surface area contributed by atoms with Gasteiger partial charge in [0, 0.05) is 18.9 Å². The van der Waals surface area contributed by atoms with Crippen molar-refractivity contribution in [3.63, 3.8) is 0 Å². The van der Waals surface area contributed by atoms with Gasteiger partial charge in [-0.2, -0.15) is 0 Å². The zero-order chi connectivity index (χ0) is 10.0. The molecule has 1 aliphatic heterocycles. The monoisotopic (exact) mass is 195 g/mol. The van der Waals surface area contributed by atoms with Crippen LogP contribution in [-0.2, 0) is 0 Å². The third kappa shape index (κ3) is 1.69. The summed E-state index contributed by atoms with van der Waals surface area (Å²) in [7, 11) is 0. The number of hydrogen-bond donors (Lipinski definition) is 2.